The summed E-state index contributed by atoms with van der Waals surface area (Å²) in [7, 11) is 0. The molecular weight excluding hydrogens is 204 g/mol. The lowest BCUT2D eigenvalue weighted by atomic mass is 10.2. The molecule has 0 saturated carbocycles. The molecule has 1 aromatic heterocycles. The average Bonchev–Trinajstić information content (AvgIpc) is 2.24. The van der Waals surface area contributed by atoms with E-state index >= 15 is 0 Å². The van der Waals surface area contributed by atoms with Crippen LogP contribution >= 0.6 is 0 Å². The van der Waals surface area contributed by atoms with Gasteiger partial charge in [0.2, 0.25) is 0 Å². The first-order valence-electron chi connectivity index (χ1n) is 5.44. The van der Waals surface area contributed by atoms with Crippen molar-refractivity contribution in [3.8, 4) is 0 Å². The van der Waals surface area contributed by atoms with Crippen molar-refractivity contribution in [1.29, 1.82) is 0 Å². The van der Waals surface area contributed by atoms with E-state index in [1.54, 1.807) is 4.90 Å². The zero-order valence-corrected chi connectivity index (χ0v) is 9.97. The Morgan fingerprint density at radius 2 is 2.19 bits per heavy atom. The van der Waals surface area contributed by atoms with Crippen molar-refractivity contribution in [3.63, 3.8) is 0 Å². The van der Waals surface area contributed by atoms with Gasteiger partial charge in [-0.25, -0.2) is 4.98 Å². The van der Waals surface area contributed by atoms with Crippen molar-refractivity contribution in [1.82, 2.24) is 14.9 Å². The van der Waals surface area contributed by atoms with Crippen LogP contribution in [-0.2, 0) is 0 Å². The van der Waals surface area contributed by atoms with Crippen molar-refractivity contribution < 1.29 is 4.79 Å². The van der Waals surface area contributed by atoms with Gasteiger partial charge in [0.15, 0.2) is 0 Å². The Balaban J connectivity index is 2.90. The molecule has 0 atom stereocenters. The highest BCUT2D eigenvalue weighted by Crippen LogP contribution is 2.07. The van der Waals surface area contributed by atoms with Crippen LogP contribution in [0.2, 0.25) is 0 Å². The zero-order chi connectivity index (χ0) is 12.1. The van der Waals surface area contributed by atoms with Crippen LogP contribution in [0.3, 0.4) is 0 Å². The molecule has 0 bridgehead atoms. The van der Waals surface area contributed by atoms with Gasteiger partial charge < -0.3 is 10.6 Å². The third-order valence-electron chi connectivity index (χ3n) is 2.22. The number of rotatable bonds is 4. The maximum atomic E-state index is 12.1. The summed E-state index contributed by atoms with van der Waals surface area (Å²) in [5, 5.41) is 0. The van der Waals surface area contributed by atoms with Crippen LogP contribution in [0.1, 0.15) is 37.7 Å². The fourth-order valence-electron chi connectivity index (χ4n) is 1.47. The molecule has 2 N–H and O–H groups in total. The molecule has 1 amide bonds. The molecule has 1 aromatic rings. The van der Waals surface area contributed by atoms with E-state index in [1.807, 2.05) is 20.8 Å². The van der Waals surface area contributed by atoms with Crippen molar-refractivity contribution in [2.75, 3.05) is 12.3 Å². The fraction of sp³-hybridized carbons (Fsp3) is 0.545. The molecule has 0 radical (unpaired) electrons. The Labute approximate surface area is 95.7 Å². The summed E-state index contributed by atoms with van der Waals surface area (Å²) in [5.41, 5.74) is 5.81. The largest absolute Gasteiger partial charge is 0.382 e. The number of carbonyl (C=O) groups is 1. The van der Waals surface area contributed by atoms with Crippen LogP contribution in [0.4, 0.5) is 5.82 Å². The SMILES string of the molecule is CCCN(C(=O)c1cncc(N)n1)C(C)C. The first-order chi connectivity index (χ1) is 7.56. The highest BCUT2D eigenvalue weighted by Gasteiger charge is 2.19. The number of anilines is 1. The molecule has 0 aromatic carbocycles. The van der Waals surface area contributed by atoms with E-state index in [4.69, 9.17) is 5.73 Å². The molecule has 16 heavy (non-hydrogen) atoms. The number of hydrogen-bond acceptors (Lipinski definition) is 4. The first kappa shape index (κ1) is 12.4. The van der Waals surface area contributed by atoms with Crippen molar-refractivity contribution in [2.24, 2.45) is 0 Å². The number of nitrogen functional groups attached to an aromatic ring is 1. The fourth-order valence-corrected chi connectivity index (χ4v) is 1.47. The van der Waals surface area contributed by atoms with Gasteiger partial charge in [-0.2, -0.15) is 0 Å². The molecule has 0 aliphatic heterocycles. The lowest BCUT2D eigenvalue weighted by molar-refractivity contribution is 0.0699. The third-order valence-corrected chi connectivity index (χ3v) is 2.22. The van der Waals surface area contributed by atoms with E-state index in [0.717, 1.165) is 6.42 Å². The maximum Gasteiger partial charge on any atom is 0.274 e. The number of nitrogens with zero attached hydrogens (tertiary/aromatic N) is 3. The highest BCUT2D eigenvalue weighted by atomic mass is 16.2. The lowest BCUT2D eigenvalue weighted by Gasteiger charge is -2.25. The van der Waals surface area contributed by atoms with Crippen LogP contribution in [0.5, 0.6) is 0 Å². The minimum Gasteiger partial charge on any atom is -0.382 e. The topological polar surface area (TPSA) is 72.1 Å². The normalized spacial score (nSPS) is 10.5. The van der Waals surface area contributed by atoms with Crippen LogP contribution in [0.25, 0.3) is 0 Å². The van der Waals surface area contributed by atoms with Crippen LogP contribution in [0.15, 0.2) is 12.4 Å². The number of amides is 1. The van der Waals surface area contributed by atoms with Crippen molar-refractivity contribution in [3.05, 3.63) is 18.1 Å². The van der Waals surface area contributed by atoms with Gasteiger partial charge in [-0.15, -0.1) is 0 Å². The van der Waals surface area contributed by atoms with E-state index in [-0.39, 0.29) is 17.8 Å². The molecule has 0 fully saturated rings. The smallest absolute Gasteiger partial charge is 0.274 e. The van der Waals surface area contributed by atoms with Gasteiger partial charge in [-0.3, -0.25) is 9.78 Å². The summed E-state index contributed by atoms with van der Waals surface area (Å²) in [6.07, 6.45) is 3.79. The van der Waals surface area contributed by atoms with E-state index in [0.29, 0.717) is 12.2 Å². The van der Waals surface area contributed by atoms with E-state index in [9.17, 15) is 4.79 Å². The standard InChI is InChI=1S/C11H18N4O/c1-4-5-15(8(2)3)11(16)9-6-13-7-10(12)14-9/h6-8H,4-5H2,1-3H3,(H2,12,14). The van der Waals surface area contributed by atoms with Crippen LogP contribution < -0.4 is 5.73 Å². The molecule has 5 heteroatoms. The molecule has 0 spiro atoms. The quantitative estimate of drug-likeness (QED) is 0.834. The second-order valence-electron chi connectivity index (χ2n) is 3.92. The summed E-state index contributed by atoms with van der Waals surface area (Å²) in [5.74, 6) is 0.155. The van der Waals surface area contributed by atoms with Gasteiger partial charge in [0.05, 0.1) is 12.4 Å². The molecule has 0 aliphatic rings. The molecule has 0 saturated heterocycles. The molecule has 0 aliphatic carbocycles. The van der Waals surface area contributed by atoms with E-state index in [2.05, 4.69) is 9.97 Å². The van der Waals surface area contributed by atoms with Gasteiger partial charge in [0.1, 0.15) is 11.5 Å². The van der Waals surface area contributed by atoms with Crippen LogP contribution in [-0.4, -0.2) is 33.4 Å². The van der Waals surface area contributed by atoms with Gasteiger partial charge in [0.25, 0.3) is 5.91 Å². The van der Waals surface area contributed by atoms with Gasteiger partial charge in [0, 0.05) is 12.6 Å². The Kier molecular flexibility index (Phi) is 4.22. The van der Waals surface area contributed by atoms with Crippen molar-refractivity contribution in [2.45, 2.75) is 33.2 Å². The highest BCUT2D eigenvalue weighted by molar-refractivity contribution is 5.92. The Morgan fingerprint density at radius 3 is 2.69 bits per heavy atom. The Hall–Kier alpha value is -1.65. The molecule has 88 valence electrons. The molecular formula is C11H18N4O. The minimum atomic E-state index is -0.114. The molecule has 1 rings (SSSR count). The maximum absolute atomic E-state index is 12.1. The molecule has 5 nitrogen and oxygen atoms in total. The summed E-state index contributed by atoms with van der Waals surface area (Å²) < 4.78 is 0. The predicted molar refractivity (Wildman–Crippen MR) is 62.9 cm³/mol. The second-order valence-corrected chi connectivity index (χ2v) is 3.92. The summed E-state index contributed by atoms with van der Waals surface area (Å²) in [4.78, 5) is 21.7. The zero-order valence-electron chi connectivity index (χ0n) is 9.97. The van der Waals surface area contributed by atoms with Crippen LogP contribution in [0, 0.1) is 0 Å². The lowest BCUT2D eigenvalue weighted by Crippen LogP contribution is -2.38. The second kappa shape index (κ2) is 5.44. The summed E-state index contributed by atoms with van der Waals surface area (Å²) >= 11 is 0. The monoisotopic (exact) mass is 222 g/mol. The first-order valence-corrected chi connectivity index (χ1v) is 5.44. The summed E-state index contributed by atoms with van der Waals surface area (Å²) in [6, 6.07) is 0.149. The van der Waals surface area contributed by atoms with Gasteiger partial charge in [-0.05, 0) is 20.3 Å². The third kappa shape index (κ3) is 2.92. The van der Waals surface area contributed by atoms with E-state index in [1.165, 1.54) is 12.4 Å². The predicted octanol–water partition coefficient (Wildman–Crippen LogP) is 1.32. The number of nitrogens with two attached hydrogens (primary N) is 1. The summed E-state index contributed by atoms with van der Waals surface area (Å²) in [6.45, 7) is 6.71. The van der Waals surface area contributed by atoms with E-state index < -0.39 is 0 Å². The molecule has 0 unspecified atom stereocenters. The number of carbonyl (C=O) groups excluding carboxylic acids is 1. The average molecular weight is 222 g/mol. The molecule has 1 heterocycles. The number of hydrogen-bond donors (Lipinski definition) is 1. The Morgan fingerprint density at radius 1 is 1.50 bits per heavy atom. The minimum absolute atomic E-state index is 0.114. The Bertz CT molecular complexity index is 365. The number of aromatic nitrogens is 2. The van der Waals surface area contributed by atoms with Gasteiger partial charge >= 0.3 is 0 Å². The van der Waals surface area contributed by atoms with Gasteiger partial charge in [-0.1, -0.05) is 6.92 Å². The van der Waals surface area contributed by atoms with Crippen molar-refractivity contribution >= 4 is 11.7 Å².